The lowest BCUT2D eigenvalue weighted by Crippen LogP contribution is -2.29. The number of methoxy groups -OCH3 is 1. The van der Waals surface area contributed by atoms with Crippen LogP contribution in [0.3, 0.4) is 0 Å². The van der Waals surface area contributed by atoms with E-state index in [1.165, 1.54) is 0 Å². The maximum atomic E-state index is 11.4. The molecule has 1 heterocycles. The molecule has 1 N–H and O–H groups in total. The minimum Gasteiger partial charge on any atom is -0.384 e. The third-order valence-electron chi connectivity index (χ3n) is 2.37. The lowest BCUT2D eigenvalue weighted by Gasteiger charge is -2.11. The molecule has 90 valence electrons. The smallest absolute Gasteiger partial charge is 0.250 e. The van der Waals surface area contributed by atoms with Crippen molar-refractivity contribution in [3.8, 4) is 0 Å². The molecule has 4 heteroatoms. The number of hydrogen-bond acceptors (Lipinski definition) is 3. The first kappa shape index (κ1) is 12.9. The summed E-state index contributed by atoms with van der Waals surface area (Å²) in [6.45, 7) is 5.32. The van der Waals surface area contributed by atoms with Crippen molar-refractivity contribution in [2.45, 2.75) is 13.5 Å². The SMILES string of the molecule is COCC(C)CNCCn1ccccc1=O. The highest BCUT2D eigenvalue weighted by atomic mass is 16.5. The van der Waals surface area contributed by atoms with Gasteiger partial charge in [0, 0.05) is 39.1 Å². The van der Waals surface area contributed by atoms with E-state index in [2.05, 4.69) is 12.2 Å². The van der Waals surface area contributed by atoms with E-state index in [9.17, 15) is 4.79 Å². The molecule has 0 aliphatic heterocycles. The molecule has 0 saturated carbocycles. The highest BCUT2D eigenvalue weighted by Gasteiger charge is 2.00. The molecule has 0 saturated heterocycles. The van der Waals surface area contributed by atoms with Crippen molar-refractivity contribution in [1.82, 2.24) is 9.88 Å². The Balaban J connectivity index is 2.21. The molecule has 1 aromatic rings. The third kappa shape index (κ3) is 4.59. The summed E-state index contributed by atoms with van der Waals surface area (Å²) in [4.78, 5) is 11.4. The molecular formula is C12H20N2O2. The van der Waals surface area contributed by atoms with Crippen molar-refractivity contribution in [2.75, 3.05) is 26.8 Å². The number of aromatic nitrogens is 1. The molecule has 0 aliphatic carbocycles. The van der Waals surface area contributed by atoms with Gasteiger partial charge in [0.15, 0.2) is 0 Å². The zero-order valence-electron chi connectivity index (χ0n) is 9.98. The molecule has 16 heavy (non-hydrogen) atoms. The summed E-state index contributed by atoms with van der Waals surface area (Å²) in [6.07, 6.45) is 1.81. The number of nitrogens with zero attached hydrogens (tertiary/aromatic N) is 1. The van der Waals surface area contributed by atoms with E-state index in [1.54, 1.807) is 23.8 Å². The fourth-order valence-corrected chi connectivity index (χ4v) is 1.54. The zero-order valence-corrected chi connectivity index (χ0v) is 9.98. The molecule has 0 fully saturated rings. The Labute approximate surface area is 96.2 Å². The Morgan fingerprint density at radius 1 is 1.50 bits per heavy atom. The molecular weight excluding hydrogens is 204 g/mol. The minimum absolute atomic E-state index is 0.0502. The molecule has 0 spiro atoms. The van der Waals surface area contributed by atoms with Gasteiger partial charge in [-0.1, -0.05) is 13.0 Å². The van der Waals surface area contributed by atoms with Crippen LogP contribution in [0.15, 0.2) is 29.2 Å². The molecule has 0 bridgehead atoms. The van der Waals surface area contributed by atoms with Crippen LogP contribution in [0.5, 0.6) is 0 Å². The monoisotopic (exact) mass is 224 g/mol. The van der Waals surface area contributed by atoms with E-state index in [0.717, 1.165) is 19.7 Å². The Morgan fingerprint density at radius 3 is 3.00 bits per heavy atom. The predicted molar refractivity (Wildman–Crippen MR) is 64.6 cm³/mol. The maximum Gasteiger partial charge on any atom is 0.250 e. The van der Waals surface area contributed by atoms with Gasteiger partial charge in [-0.3, -0.25) is 4.79 Å². The lowest BCUT2D eigenvalue weighted by atomic mass is 10.2. The standard InChI is InChI=1S/C12H20N2O2/c1-11(10-16-2)9-13-6-8-14-7-4-3-5-12(14)15/h3-5,7,11,13H,6,8-10H2,1-2H3. The van der Waals surface area contributed by atoms with Crippen LogP contribution in [0.2, 0.25) is 0 Å². The van der Waals surface area contributed by atoms with Gasteiger partial charge < -0.3 is 14.6 Å². The Kier molecular flexibility index (Phi) is 5.82. The van der Waals surface area contributed by atoms with Gasteiger partial charge in [-0.05, 0) is 18.5 Å². The molecule has 1 atom stereocenters. The second kappa shape index (κ2) is 7.19. The maximum absolute atomic E-state index is 11.4. The summed E-state index contributed by atoms with van der Waals surface area (Å²) in [5.41, 5.74) is 0.0502. The molecule has 0 radical (unpaired) electrons. The van der Waals surface area contributed by atoms with Gasteiger partial charge in [-0.25, -0.2) is 0 Å². The number of hydrogen-bond donors (Lipinski definition) is 1. The highest BCUT2D eigenvalue weighted by molar-refractivity contribution is 4.93. The average molecular weight is 224 g/mol. The van der Waals surface area contributed by atoms with Gasteiger partial charge in [0.1, 0.15) is 0 Å². The summed E-state index contributed by atoms with van der Waals surface area (Å²) in [5.74, 6) is 0.498. The molecule has 4 nitrogen and oxygen atoms in total. The largest absolute Gasteiger partial charge is 0.384 e. The Hall–Kier alpha value is -1.13. The first-order valence-corrected chi connectivity index (χ1v) is 5.59. The molecule has 0 aromatic carbocycles. The topological polar surface area (TPSA) is 43.3 Å². The van der Waals surface area contributed by atoms with Crippen LogP contribution in [0, 0.1) is 5.92 Å². The van der Waals surface area contributed by atoms with Gasteiger partial charge in [0.25, 0.3) is 5.56 Å². The van der Waals surface area contributed by atoms with Crippen molar-refractivity contribution in [1.29, 1.82) is 0 Å². The van der Waals surface area contributed by atoms with E-state index in [4.69, 9.17) is 4.74 Å². The van der Waals surface area contributed by atoms with Crippen molar-refractivity contribution in [3.63, 3.8) is 0 Å². The van der Waals surface area contributed by atoms with Gasteiger partial charge in [0.2, 0.25) is 0 Å². The number of ether oxygens (including phenoxy) is 1. The van der Waals surface area contributed by atoms with Crippen LogP contribution in [-0.4, -0.2) is 31.4 Å². The van der Waals surface area contributed by atoms with Gasteiger partial charge >= 0.3 is 0 Å². The van der Waals surface area contributed by atoms with E-state index < -0.39 is 0 Å². The van der Waals surface area contributed by atoms with E-state index in [0.29, 0.717) is 12.5 Å². The van der Waals surface area contributed by atoms with Crippen molar-refractivity contribution < 1.29 is 4.74 Å². The van der Waals surface area contributed by atoms with Gasteiger partial charge in [0.05, 0.1) is 0 Å². The fraction of sp³-hybridized carbons (Fsp3) is 0.583. The second-order valence-corrected chi connectivity index (χ2v) is 4.00. The summed E-state index contributed by atoms with van der Waals surface area (Å²) in [6, 6.07) is 5.20. The molecule has 1 unspecified atom stereocenters. The summed E-state index contributed by atoms with van der Waals surface area (Å²) in [5, 5.41) is 3.31. The van der Waals surface area contributed by atoms with Crippen molar-refractivity contribution >= 4 is 0 Å². The van der Waals surface area contributed by atoms with E-state index in [1.807, 2.05) is 12.3 Å². The first-order chi connectivity index (χ1) is 7.74. The van der Waals surface area contributed by atoms with Crippen molar-refractivity contribution in [3.05, 3.63) is 34.7 Å². The van der Waals surface area contributed by atoms with Crippen LogP contribution < -0.4 is 10.9 Å². The van der Waals surface area contributed by atoms with Gasteiger partial charge in [-0.2, -0.15) is 0 Å². The Morgan fingerprint density at radius 2 is 2.31 bits per heavy atom. The van der Waals surface area contributed by atoms with Crippen LogP contribution in [0.1, 0.15) is 6.92 Å². The third-order valence-corrected chi connectivity index (χ3v) is 2.37. The van der Waals surface area contributed by atoms with Gasteiger partial charge in [-0.15, -0.1) is 0 Å². The van der Waals surface area contributed by atoms with E-state index >= 15 is 0 Å². The van der Waals surface area contributed by atoms with E-state index in [-0.39, 0.29) is 5.56 Å². The zero-order chi connectivity index (χ0) is 11.8. The number of rotatable bonds is 7. The summed E-state index contributed by atoms with van der Waals surface area (Å²) < 4.78 is 6.75. The lowest BCUT2D eigenvalue weighted by molar-refractivity contribution is 0.158. The molecule has 0 aliphatic rings. The quantitative estimate of drug-likeness (QED) is 0.694. The van der Waals surface area contributed by atoms with Crippen molar-refractivity contribution in [2.24, 2.45) is 5.92 Å². The normalized spacial score (nSPS) is 12.6. The van der Waals surface area contributed by atoms with Crippen LogP contribution in [0.4, 0.5) is 0 Å². The summed E-state index contributed by atoms with van der Waals surface area (Å²) in [7, 11) is 1.71. The first-order valence-electron chi connectivity index (χ1n) is 5.59. The molecule has 1 rings (SSSR count). The van der Waals surface area contributed by atoms with Crippen LogP contribution >= 0.6 is 0 Å². The fourth-order valence-electron chi connectivity index (χ4n) is 1.54. The molecule has 1 aromatic heterocycles. The Bertz CT molecular complexity index is 349. The highest BCUT2D eigenvalue weighted by Crippen LogP contribution is 1.91. The number of nitrogens with one attached hydrogen (secondary N) is 1. The molecule has 0 amide bonds. The van der Waals surface area contributed by atoms with Crippen LogP contribution in [0.25, 0.3) is 0 Å². The second-order valence-electron chi connectivity index (χ2n) is 4.00. The number of pyridine rings is 1. The van der Waals surface area contributed by atoms with Crippen LogP contribution in [-0.2, 0) is 11.3 Å². The minimum atomic E-state index is 0.0502. The predicted octanol–water partition coefficient (Wildman–Crippen LogP) is 0.720. The average Bonchev–Trinajstić information content (AvgIpc) is 2.27. The summed E-state index contributed by atoms with van der Waals surface area (Å²) >= 11 is 0.